The van der Waals surface area contributed by atoms with E-state index in [0.29, 0.717) is 41.8 Å². The molecule has 0 spiro atoms. The van der Waals surface area contributed by atoms with Crippen LogP contribution in [-0.4, -0.2) is 57.7 Å². The van der Waals surface area contributed by atoms with E-state index < -0.39 is 5.60 Å². The Labute approximate surface area is 198 Å². The second kappa shape index (κ2) is 8.15. The zero-order chi connectivity index (χ0) is 23.6. The van der Waals surface area contributed by atoms with Crippen LogP contribution in [0.15, 0.2) is 0 Å². The van der Waals surface area contributed by atoms with Crippen LogP contribution in [0, 0.1) is 47.3 Å². The molecule has 5 rings (SSSR count). The first kappa shape index (κ1) is 23.5. The minimum atomic E-state index is -0.545. The summed E-state index contributed by atoms with van der Waals surface area (Å²) in [4.78, 5) is 13.4. The first-order valence-corrected chi connectivity index (χ1v) is 13.1. The summed E-state index contributed by atoms with van der Waals surface area (Å²) in [5.41, 5.74) is -0.311. The molecule has 4 aliphatic carbocycles. The van der Waals surface area contributed by atoms with Gasteiger partial charge in [0.2, 0.25) is 0 Å². The fourth-order valence-corrected chi connectivity index (χ4v) is 9.36. The van der Waals surface area contributed by atoms with Crippen molar-refractivity contribution >= 4 is 13.6 Å². The number of hydrogen-bond acceptors (Lipinski definition) is 6. The Morgan fingerprint density at radius 2 is 1.97 bits per heavy atom. The number of Topliss-reactive ketones (excluding diaryl/α,β-unsaturated/α-hetero) is 1. The number of ketones is 1. The standard InChI is InChI=1S/C25H41BN4O3/c1-15-27-28-29-30(15)14-21(31)20-8-7-18-17-6-5-16-13-23(2,32)11-12-25(16,22(26)33-4)19(17)9-10-24(18,20)3/h16-20,22,32H,5-14,26H2,1-4H3/t16-,17+,18+,19+,20-,22-,23-,24+,25?/m1/s1. The molecule has 9 atom stereocenters. The third-order valence-electron chi connectivity index (χ3n) is 11.0. The molecule has 0 saturated heterocycles. The smallest absolute Gasteiger partial charge is 0.158 e. The van der Waals surface area contributed by atoms with Crippen LogP contribution in [0.1, 0.15) is 77.5 Å². The Bertz CT molecular complexity index is 906. The van der Waals surface area contributed by atoms with Crippen LogP contribution >= 0.6 is 0 Å². The van der Waals surface area contributed by atoms with Crippen LogP contribution in [-0.2, 0) is 16.1 Å². The molecule has 1 heterocycles. The topological polar surface area (TPSA) is 90.1 Å². The summed E-state index contributed by atoms with van der Waals surface area (Å²) in [6, 6.07) is 0.206. The highest BCUT2D eigenvalue weighted by Crippen LogP contribution is 2.69. The maximum absolute atomic E-state index is 13.4. The van der Waals surface area contributed by atoms with Crippen molar-refractivity contribution in [2.24, 2.45) is 40.4 Å². The number of aliphatic hydroxyl groups is 1. The zero-order valence-electron chi connectivity index (χ0n) is 21.1. The molecule has 1 aromatic rings. The van der Waals surface area contributed by atoms with Gasteiger partial charge in [0.1, 0.15) is 20.2 Å². The third-order valence-corrected chi connectivity index (χ3v) is 11.0. The molecule has 8 heteroatoms. The molecule has 7 nitrogen and oxygen atoms in total. The Morgan fingerprint density at radius 1 is 1.18 bits per heavy atom. The monoisotopic (exact) mass is 456 g/mol. The van der Waals surface area contributed by atoms with Crippen molar-refractivity contribution in [3.63, 3.8) is 0 Å². The van der Waals surface area contributed by atoms with Crippen LogP contribution in [0.25, 0.3) is 0 Å². The molecular weight excluding hydrogens is 415 g/mol. The quantitative estimate of drug-likeness (QED) is 0.685. The van der Waals surface area contributed by atoms with Crippen molar-refractivity contribution in [1.29, 1.82) is 0 Å². The molecule has 4 fully saturated rings. The van der Waals surface area contributed by atoms with Gasteiger partial charge >= 0.3 is 0 Å². The summed E-state index contributed by atoms with van der Waals surface area (Å²) in [6.07, 6.45) is 9.69. The van der Waals surface area contributed by atoms with Gasteiger partial charge in [0, 0.05) is 19.0 Å². The molecule has 1 aromatic heterocycles. The first-order valence-electron chi connectivity index (χ1n) is 13.1. The lowest BCUT2D eigenvalue weighted by Gasteiger charge is -2.64. The lowest BCUT2D eigenvalue weighted by atomic mass is 9.40. The van der Waals surface area contributed by atoms with Crippen molar-refractivity contribution in [2.75, 3.05) is 7.11 Å². The van der Waals surface area contributed by atoms with E-state index in [-0.39, 0.29) is 22.8 Å². The Hall–Kier alpha value is -1.28. The van der Waals surface area contributed by atoms with Gasteiger partial charge in [-0.3, -0.25) is 4.79 Å². The average Bonchev–Trinajstić information content (AvgIpc) is 3.34. The van der Waals surface area contributed by atoms with Gasteiger partial charge in [-0.2, -0.15) is 0 Å². The van der Waals surface area contributed by atoms with E-state index in [2.05, 4.69) is 30.3 Å². The molecule has 0 aliphatic heterocycles. The van der Waals surface area contributed by atoms with Gasteiger partial charge in [0.15, 0.2) is 5.78 Å². The average molecular weight is 456 g/mol. The molecule has 0 amide bonds. The number of hydrogen-bond donors (Lipinski definition) is 1. The summed E-state index contributed by atoms with van der Waals surface area (Å²) in [7, 11) is 4.14. The minimum absolute atomic E-state index is 0.0741. The second-order valence-corrected chi connectivity index (χ2v) is 12.4. The predicted molar refractivity (Wildman–Crippen MR) is 127 cm³/mol. The number of aromatic nitrogens is 4. The van der Waals surface area contributed by atoms with Crippen molar-refractivity contribution < 1.29 is 14.6 Å². The van der Waals surface area contributed by atoms with Gasteiger partial charge in [-0.25, -0.2) is 4.68 Å². The summed E-state index contributed by atoms with van der Waals surface area (Å²) >= 11 is 0. The van der Waals surface area contributed by atoms with Crippen LogP contribution in [0.4, 0.5) is 0 Å². The summed E-state index contributed by atoms with van der Waals surface area (Å²) in [6.45, 7) is 6.58. The number of carbonyl (C=O) groups excluding carboxylic acids is 1. The van der Waals surface area contributed by atoms with E-state index in [1.165, 1.54) is 19.3 Å². The van der Waals surface area contributed by atoms with Gasteiger partial charge in [0.25, 0.3) is 0 Å². The van der Waals surface area contributed by atoms with E-state index in [1.54, 1.807) is 4.68 Å². The highest BCUT2D eigenvalue weighted by atomic mass is 16.5. The van der Waals surface area contributed by atoms with Crippen LogP contribution in [0.2, 0.25) is 0 Å². The SMILES string of the molecule is B[C@H](OC)C12CC[C@@](C)(O)C[C@H]1CC[C@@H]1[C@@H]2CC[C@]2(C)[C@@H](C(=O)Cn3nnnc3C)CC[C@@H]12. The molecular formula is C25H41BN4O3. The summed E-state index contributed by atoms with van der Waals surface area (Å²) < 4.78 is 7.73. The number of fused-ring (bicyclic) bond motifs is 5. The second-order valence-electron chi connectivity index (χ2n) is 12.4. The fourth-order valence-electron chi connectivity index (χ4n) is 9.36. The van der Waals surface area contributed by atoms with E-state index in [0.717, 1.165) is 38.5 Å². The molecule has 1 unspecified atom stereocenters. The van der Waals surface area contributed by atoms with Crippen molar-refractivity contribution in [2.45, 2.75) is 96.7 Å². The third kappa shape index (κ3) is 3.53. The molecule has 0 radical (unpaired) electrons. The lowest BCUT2D eigenvalue weighted by molar-refractivity contribution is -0.185. The number of carbonyl (C=O) groups is 1. The summed E-state index contributed by atoms with van der Waals surface area (Å²) in [5.74, 6) is 3.54. The highest BCUT2D eigenvalue weighted by molar-refractivity contribution is 6.11. The number of rotatable bonds is 5. The number of nitrogens with zero attached hydrogens (tertiary/aromatic N) is 4. The van der Waals surface area contributed by atoms with E-state index in [1.807, 2.05) is 21.0 Å². The molecule has 0 aromatic carbocycles. The fraction of sp³-hybridized carbons (Fsp3) is 0.920. The number of methoxy groups -OCH3 is 1. The number of aryl methyl sites for hydroxylation is 1. The summed E-state index contributed by atoms with van der Waals surface area (Å²) in [5, 5.41) is 22.6. The Balaban J connectivity index is 1.41. The normalized spacial score (nSPS) is 45.7. The molecule has 0 bridgehead atoms. The van der Waals surface area contributed by atoms with Gasteiger partial charge < -0.3 is 9.84 Å². The molecule has 4 aliphatic rings. The maximum atomic E-state index is 13.4. The molecule has 33 heavy (non-hydrogen) atoms. The van der Waals surface area contributed by atoms with Crippen LogP contribution < -0.4 is 0 Å². The zero-order valence-corrected chi connectivity index (χ0v) is 21.1. The number of tetrazole rings is 1. The van der Waals surface area contributed by atoms with E-state index >= 15 is 0 Å². The number of ether oxygens (including phenoxy) is 1. The first-order chi connectivity index (χ1) is 15.6. The van der Waals surface area contributed by atoms with E-state index in [4.69, 9.17) is 4.74 Å². The Morgan fingerprint density at radius 3 is 2.67 bits per heavy atom. The van der Waals surface area contributed by atoms with Gasteiger partial charge in [-0.15, -0.1) is 5.10 Å². The van der Waals surface area contributed by atoms with Crippen LogP contribution in [0.3, 0.4) is 0 Å². The Kier molecular flexibility index (Phi) is 5.79. The van der Waals surface area contributed by atoms with Crippen molar-refractivity contribution in [1.82, 2.24) is 20.2 Å². The van der Waals surface area contributed by atoms with Crippen molar-refractivity contribution in [3.8, 4) is 0 Å². The van der Waals surface area contributed by atoms with E-state index in [9.17, 15) is 9.90 Å². The lowest BCUT2D eigenvalue weighted by Crippen LogP contribution is -2.61. The molecule has 4 saturated carbocycles. The van der Waals surface area contributed by atoms with Crippen molar-refractivity contribution in [3.05, 3.63) is 5.82 Å². The molecule has 182 valence electrons. The largest absolute Gasteiger partial charge is 0.390 e. The van der Waals surface area contributed by atoms with Gasteiger partial charge in [-0.1, -0.05) is 6.92 Å². The van der Waals surface area contributed by atoms with Gasteiger partial charge in [-0.05, 0) is 117 Å². The highest BCUT2D eigenvalue weighted by Gasteiger charge is 2.64. The van der Waals surface area contributed by atoms with Crippen LogP contribution in [0.5, 0.6) is 0 Å². The van der Waals surface area contributed by atoms with Gasteiger partial charge in [0.05, 0.1) is 5.60 Å². The molecule has 1 N–H and O–H groups in total. The predicted octanol–water partition coefficient (Wildman–Crippen LogP) is 2.55. The minimum Gasteiger partial charge on any atom is -0.390 e. The maximum Gasteiger partial charge on any atom is 0.158 e.